The van der Waals surface area contributed by atoms with Gasteiger partial charge in [-0.15, -0.1) is 0 Å². The van der Waals surface area contributed by atoms with Gasteiger partial charge in [0.05, 0.1) is 72.8 Å². The zero-order valence-corrected chi connectivity index (χ0v) is 70.2. The molecule has 2 N–H and O–H groups in total. The monoisotopic (exact) mass is 1640 g/mol. The van der Waals surface area contributed by atoms with Crippen molar-refractivity contribution in [1.82, 2.24) is 85.7 Å². The first-order chi connectivity index (χ1) is 59.4. The third kappa shape index (κ3) is 18.4. The molecular weight excluding hydrogens is 1540 g/mol. The number of hydrogen-bond donors (Lipinski definition) is 2. The lowest BCUT2D eigenvalue weighted by Gasteiger charge is -2.37. The molecule has 5 aliphatic rings. The number of aliphatic hydroxyl groups is 2. The number of hydrogen-bond acceptors (Lipinski definition) is 20. The summed E-state index contributed by atoms with van der Waals surface area (Å²) in [5.74, 6) is 2.99. The van der Waals surface area contributed by atoms with E-state index in [-0.39, 0.29) is 35.5 Å². The number of aromatic nitrogens is 14. The summed E-state index contributed by atoms with van der Waals surface area (Å²) in [6, 6.07) is 41.8. The van der Waals surface area contributed by atoms with Gasteiger partial charge in [0, 0.05) is 161 Å². The summed E-state index contributed by atoms with van der Waals surface area (Å²) in [6.07, 6.45) is 31.5. The molecule has 18 heterocycles. The highest BCUT2D eigenvalue weighted by atomic mass is 16.5. The maximum atomic E-state index is 13.0. The molecule has 0 aliphatic carbocycles. The number of pyridine rings is 6. The number of anilines is 1. The fourth-order valence-electron chi connectivity index (χ4n) is 17.9. The topological polar surface area (TPSA) is 265 Å². The highest BCUT2D eigenvalue weighted by Gasteiger charge is 2.26. The lowest BCUT2D eigenvalue weighted by Crippen LogP contribution is -2.40. The Morgan fingerprint density at radius 1 is 0.410 bits per heavy atom. The maximum absolute atomic E-state index is 13.0. The molecule has 4 fully saturated rings. The van der Waals surface area contributed by atoms with Crippen molar-refractivity contribution >= 4 is 56.0 Å². The van der Waals surface area contributed by atoms with Crippen molar-refractivity contribution in [1.29, 1.82) is 0 Å². The van der Waals surface area contributed by atoms with Crippen molar-refractivity contribution in [2.24, 2.45) is 13.0 Å². The van der Waals surface area contributed by atoms with Gasteiger partial charge >= 0.3 is 0 Å². The summed E-state index contributed by atoms with van der Waals surface area (Å²) in [7, 11) is 7.27. The van der Waals surface area contributed by atoms with Crippen LogP contribution in [-0.2, 0) is 7.05 Å². The minimum absolute atomic E-state index is 0.0407. The Labute approximate surface area is 706 Å². The Morgan fingerprint density at radius 2 is 0.893 bits per heavy atom. The summed E-state index contributed by atoms with van der Waals surface area (Å²) in [6.45, 7) is 17.5. The van der Waals surface area contributed by atoms with E-state index in [4.69, 9.17) is 39.6 Å². The van der Waals surface area contributed by atoms with E-state index < -0.39 is 0 Å². The van der Waals surface area contributed by atoms with Crippen molar-refractivity contribution in [3.63, 3.8) is 0 Å². The number of imidazole rings is 2. The maximum Gasteiger partial charge on any atom is 0.258 e. The van der Waals surface area contributed by atoms with Gasteiger partial charge in [0.2, 0.25) is 0 Å². The summed E-state index contributed by atoms with van der Waals surface area (Å²) in [4.78, 5) is 91.3. The molecule has 13 aromatic heterocycles. The average molecular weight is 1640 g/mol. The Morgan fingerprint density at radius 3 is 1.44 bits per heavy atom. The SMILES string of the molecule is CN1CCC(c2ccc3nc(-c4ccc5nn(C)cc5c4)cc(=O)n3c2)CC1.COc1ccc(-c2cc(=O)n3cc(N4CCC(CN5CCCCC5)CC4)ccc3n2)cc1OC.Cc1cn2cc(-c3cc(=O)n4cc(C5=CCN(CCO)CC5)ccc4n3)ccc2n1.Cc1cn2cc(-c3cc(=O)n4cc(C5CCN(CCO)CC5)ccc4n3)ccc2n1. The van der Waals surface area contributed by atoms with Gasteiger partial charge in [0.15, 0.2) is 11.5 Å². The van der Waals surface area contributed by atoms with Crippen LogP contribution in [0.2, 0.25) is 0 Å². The van der Waals surface area contributed by atoms with E-state index in [2.05, 4.69) is 70.9 Å². The summed E-state index contributed by atoms with van der Waals surface area (Å²) in [5, 5.41) is 23.7. The molecular formula is C95H105N19O8. The molecule has 0 saturated carbocycles. The van der Waals surface area contributed by atoms with Gasteiger partial charge in [0.1, 0.15) is 33.9 Å². The molecule has 0 unspecified atom stereocenters. The van der Waals surface area contributed by atoms with Crippen molar-refractivity contribution < 1.29 is 19.7 Å². The van der Waals surface area contributed by atoms with Crippen molar-refractivity contribution in [3.8, 4) is 56.5 Å². The van der Waals surface area contributed by atoms with E-state index in [0.29, 0.717) is 75.2 Å². The van der Waals surface area contributed by atoms with E-state index in [1.807, 2.05) is 176 Å². The number of likely N-dealkylation sites (tertiary alicyclic amines) is 3. The molecule has 4 saturated heterocycles. The summed E-state index contributed by atoms with van der Waals surface area (Å²) >= 11 is 0. The van der Waals surface area contributed by atoms with Crippen LogP contribution in [0.25, 0.3) is 95.4 Å². The number of aliphatic hydroxyl groups excluding tert-OH is 2. The standard InChI is InChI=1S/C27H34N4O3.C23H25N5O2.C23H23N5O2.C22H23N5O/c1-33-24-8-6-21(16-25(24)34-2)23-17-27(32)31-19-22(7-9-26(31)28-23)30-14-10-20(11-15-30)18-29-12-4-3-5-13-29;2*1-16-13-27-14-19(3-4-21(27)24-16)20-12-23(30)28-15-18(2-5-22(28)25-20)17-6-8-26(9-7-17)10-11-29;1-25-9-7-15(8-10-25)17-4-6-21-23-20(12-22(28)27(21)14-17)16-3-5-19-18(11-16)13-26(2)24-19/h6-9,16-17,19-20H,3-5,10-15,18H2,1-2H3;2-5,12-15,17,29H,6-11H2,1H3;2-6,12-15,29H,7-11H2,1H3;3-6,11-15H,7-10H2,1-2H3. The molecule has 27 nitrogen and oxygen atoms in total. The number of aryl methyl sites for hydroxylation is 3. The molecule has 15 aromatic rings. The Balaban J connectivity index is 0.000000116. The molecule has 5 aliphatic heterocycles. The van der Waals surface area contributed by atoms with Crippen molar-refractivity contribution in [2.45, 2.75) is 89.9 Å². The number of piperidine rings is 4. The fraction of sp³-hybridized carbons (Fsp3) is 0.358. The van der Waals surface area contributed by atoms with E-state index in [1.54, 1.807) is 60.8 Å². The van der Waals surface area contributed by atoms with Crippen LogP contribution in [0, 0.1) is 19.8 Å². The van der Waals surface area contributed by atoms with Gasteiger partial charge < -0.3 is 48.1 Å². The molecule has 0 radical (unpaired) electrons. The zero-order chi connectivity index (χ0) is 84.1. The van der Waals surface area contributed by atoms with E-state index in [9.17, 15) is 19.2 Å². The molecule has 2 aromatic carbocycles. The first-order valence-corrected chi connectivity index (χ1v) is 42.7. The molecule has 122 heavy (non-hydrogen) atoms. The van der Waals surface area contributed by atoms with Crippen LogP contribution in [-0.4, -0.2) is 215 Å². The third-order valence-electron chi connectivity index (χ3n) is 24.7. The largest absolute Gasteiger partial charge is 0.493 e. The van der Waals surface area contributed by atoms with Crippen LogP contribution in [0.15, 0.2) is 214 Å². The van der Waals surface area contributed by atoms with Gasteiger partial charge in [-0.05, 0) is 249 Å². The van der Waals surface area contributed by atoms with Crippen LogP contribution in [0.4, 0.5) is 5.69 Å². The minimum atomic E-state index is -0.0999. The number of β-amino-alcohol motifs (C(OH)–C–C–N with tert-alkyl or cyclic N) is 2. The second kappa shape index (κ2) is 36.5. The predicted octanol–water partition coefficient (Wildman–Crippen LogP) is 12.0. The normalized spacial score (nSPS) is 16.3. The number of fused-ring (bicyclic) bond motifs is 7. The molecule has 0 atom stereocenters. The van der Waals surface area contributed by atoms with Crippen LogP contribution in [0.3, 0.4) is 0 Å². The van der Waals surface area contributed by atoms with Gasteiger partial charge in [-0.2, -0.15) is 5.10 Å². The second-order valence-electron chi connectivity index (χ2n) is 33.1. The highest BCUT2D eigenvalue weighted by molar-refractivity contribution is 5.84. The Kier molecular flexibility index (Phi) is 24.5. The molecule has 20 rings (SSSR count). The minimum Gasteiger partial charge on any atom is -0.493 e. The first kappa shape index (κ1) is 82.0. The zero-order valence-electron chi connectivity index (χ0n) is 70.2. The van der Waals surface area contributed by atoms with E-state index in [1.165, 1.54) is 68.4 Å². The van der Waals surface area contributed by atoms with E-state index in [0.717, 1.165) is 164 Å². The average Bonchev–Trinajstić information content (AvgIpc) is 1.64. The van der Waals surface area contributed by atoms with Gasteiger partial charge in [-0.3, -0.25) is 46.4 Å². The van der Waals surface area contributed by atoms with Crippen LogP contribution in [0.1, 0.15) is 104 Å². The molecule has 628 valence electrons. The fourth-order valence-corrected chi connectivity index (χ4v) is 17.9. The smallest absolute Gasteiger partial charge is 0.258 e. The number of ether oxygens (including phenoxy) is 2. The number of benzene rings is 2. The molecule has 0 bridgehead atoms. The predicted molar refractivity (Wildman–Crippen MR) is 478 cm³/mol. The third-order valence-corrected chi connectivity index (χ3v) is 24.7. The van der Waals surface area contributed by atoms with Gasteiger partial charge in [-0.25, -0.2) is 29.9 Å². The van der Waals surface area contributed by atoms with Crippen molar-refractivity contribution in [2.75, 3.05) is 124 Å². The Hall–Kier alpha value is -12.4. The molecule has 0 amide bonds. The van der Waals surface area contributed by atoms with Crippen molar-refractivity contribution in [3.05, 3.63) is 265 Å². The lowest BCUT2D eigenvalue weighted by molar-refractivity contribution is 0.164. The van der Waals surface area contributed by atoms with Crippen LogP contribution >= 0.6 is 0 Å². The summed E-state index contributed by atoms with van der Waals surface area (Å²) < 4.78 is 23.0. The number of rotatable bonds is 16. The quantitative estimate of drug-likeness (QED) is 0.0910. The second-order valence-corrected chi connectivity index (χ2v) is 33.1. The van der Waals surface area contributed by atoms with E-state index >= 15 is 0 Å². The number of methoxy groups -OCH3 is 2. The number of nitrogens with zero attached hydrogens (tertiary/aromatic N) is 19. The molecule has 0 spiro atoms. The summed E-state index contributed by atoms with van der Waals surface area (Å²) in [5.41, 5.74) is 18.8. The lowest BCUT2D eigenvalue weighted by atomic mass is 9.90. The van der Waals surface area contributed by atoms with Crippen LogP contribution in [0.5, 0.6) is 11.5 Å². The Bertz CT molecular complexity index is 6610. The highest BCUT2D eigenvalue weighted by Crippen LogP contribution is 2.35. The van der Waals surface area contributed by atoms with Crippen LogP contribution < -0.4 is 36.6 Å². The van der Waals surface area contributed by atoms with Gasteiger partial charge in [-0.1, -0.05) is 30.7 Å². The first-order valence-electron chi connectivity index (χ1n) is 42.7. The van der Waals surface area contributed by atoms with Gasteiger partial charge in [0.25, 0.3) is 22.2 Å². The molecule has 27 heteroatoms.